The lowest BCUT2D eigenvalue weighted by molar-refractivity contribution is 0.643. The Bertz CT molecular complexity index is 1680. The van der Waals surface area contributed by atoms with E-state index in [9.17, 15) is 4.39 Å². The van der Waals surface area contributed by atoms with Gasteiger partial charge in [0.2, 0.25) is 0 Å². The second kappa shape index (κ2) is 7.70. The van der Waals surface area contributed by atoms with Crippen molar-refractivity contribution in [1.29, 1.82) is 0 Å². The highest BCUT2D eigenvalue weighted by molar-refractivity contribution is 7.14. The first kappa shape index (κ1) is 20.4. The Morgan fingerprint density at radius 1 is 1.00 bits per heavy atom. The third-order valence-corrected chi connectivity index (χ3v) is 6.58. The third kappa shape index (κ3) is 3.22. The molecule has 34 heavy (non-hydrogen) atoms. The highest BCUT2D eigenvalue weighted by atomic mass is 32.1. The Labute approximate surface area is 196 Å². The number of hydrogen-bond acceptors (Lipinski definition) is 6. The van der Waals surface area contributed by atoms with Crippen molar-refractivity contribution in [2.45, 2.75) is 0 Å². The molecule has 0 bridgehead atoms. The van der Waals surface area contributed by atoms with Crippen LogP contribution in [0.25, 0.3) is 55.2 Å². The molecule has 0 saturated heterocycles. The molecule has 0 unspecified atom stereocenters. The fourth-order valence-electron chi connectivity index (χ4n) is 3.97. The lowest BCUT2D eigenvalue weighted by Crippen LogP contribution is -2.08. The predicted octanol–water partition coefficient (Wildman–Crippen LogP) is 5.64. The standard InChI is InChI=1S/C24H17F2N7S/c1-33(2)13-9-12(10-27-11-13)14-3-4-16-19(20(14)26)22(32-31-16)24-29-21-15(7-8-28-23(21)30-24)17-5-6-18(25)34-17/h3-11H,1-2H3,(H,31,32)(H,28,29,30). The number of pyridine rings is 2. The van der Waals surface area contributed by atoms with Crippen LogP contribution in [0.15, 0.2) is 55.0 Å². The van der Waals surface area contributed by atoms with Gasteiger partial charge in [0.1, 0.15) is 11.5 Å². The molecule has 0 spiro atoms. The van der Waals surface area contributed by atoms with Crippen molar-refractivity contribution in [2.24, 2.45) is 0 Å². The fraction of sp³-hybridized carbons (Fsp3) is 0.0833. The molecule has 0 saturated carbocycles. The molecule has 0 fully saturated rings. The lowest BCUT2D eigenvalue weighted by Gasteiger charge is -2.13. The number of nitrogens with zero attached hydrogens (tertiary/aromatic N) is 5. The van der Waals surface area contributed by atoms with Crippen LogP contribution in [0.5, 0.6) is 0 Å². The van der Waals surface area contributed by atoms with Gasteiger partial charge in [-0.05, 0) is 36.4 Å². The highest BCUT2D eigenvalue weighted by Gasteiger charge is 2.21. The Hall–Kier alpha value is -4.18. The topological polar surface area (TPSA) is 86.4 Å². The van der Waals surface area contributed by atoms with Gasteiger partial charge in [-0.2, -0.15) is 9.49 Å². The van der Waals surface area contributed by atoms with Gasteiger partial charge in [0.05, 0.1) is 28.3 Å². The van der Waals surface area contributed by atoms with Gasteiger partial charge in [-0.3, -0.25) is 10.1 Å². The fourth-order valence-corrected chi connectivity index (χ4v) is 4.74. The molecule has 0 radical (unpaired) electrons. The maximum Gasteiger partial charge on any atom is 0.178 e. The van der Waals surface area contributed by atoms with E-state index in [0.29, 0.717) is 44.7 Å². The first-order valence-corrected chi connectivity index (χ1v) is 11.2. The number of rotatable bonds is 4. The molecule has 5 aromatic heterocycles. The SMILES string of the molecule is CN(C)c1cncc(-c2ccc3[nH]nc(-c4nc5nccc(-c6ccc(F)s6)c5[nH]4)c3c2F)c1. The summed E-state index contributed by atoms with van der Waals surface area (Å²) >= 11 is 1.04. The zero-order chi connectivity index (χ0) is 23.4. The largest absolute Gasteiger partial charge is 0.376 e. The predicted molar refractivity (Wildman–Crippen MR) is 130 cm³/mol. The quantitative estimate of drug-likeness (QED) is 0.346. The number of nitrogens with one attached hydrogen (secondary N) is 2. The summed E-state index contributed by atoms with van der Waals surface area (Å²) in [5.74, 6) is -0.0534. The van der Waals surface area contributed by atoms with Gasteiger partial charge in [0, 0.05) is 48.1 Å². The molecule has 5 heterocycles. The smallest absolute Gasteiger partial charge is 0.178 e. The third-order valence-electron chi connectivity index (χ3n) is 5.67. The molecule has 0 aliphatic rings. The van der Waals surface area contributed by atoms with Gasteiger partial charge in [-0.1, -0.05) is 0 Å². The molecule has 6 rings (SSSR count). The number of thiophene rings is 1. The maximum atomic E-state index is 15.9. The van der Waals surface area contributed by atoms with E-state index in [-0.39, 0.29) is 5.13 Å². The van der Waals surface area contributed by atoms with Crippen molar-refractivity contribution in [2.75, 3.05) is 19.0 Å². The van der Waals surface area contributed by atoms with E-state index in [1.807, 2.05) is 25.1 Å². The first-order valence-electron chi connectivity index (χ1n) is 10.4. The summed E-state index contributed by atoms with van der Waals surface area (Å²) in [4.78, 5) is 19.0. The number of aromatic amines is 2. The molecule has 7 nitrogen and oxygen atoms in total. The molecule has 10 heteroatoms. The van der Waals surface area contributed by atoms with Gasteiger partial charge < -0.3 is 9.88 Å². The summed E-state index contributed by atoms with van der Waals surface area (Å²) in [6.45, 7) is 0. The number of fused-ring (bicyclic) bond motifs is 2. The van der Waals surface area contributed by atoms with Crippen LogP contribution < -0.4 is 4.90 Å². The van der Waals surface area contributed by atoms with Gasteiger partial charge in [-0.15, -0.1) is 11.3 Å². The molecule has 2 N–H and O–H groups in total. The van der Waals surface area contributed by atoms with Crippen molar-refractivity contribution < 1.29 is 8.78 Å². The molecular formula is C24H17F2N7S. The molecular weight excluding hydrogens is 456 g/mol. The van der Waals surface area contributed by atoms with Crippen LogP contribution in [0.3, 0.4) is 0 Å². The minimum atomic E-state index is -0.423. The minimum Gasteiger partial charge on any atom is -0.376 e. The van der Waals surface area contributed by atoms with Crippen molar-refractivity contribution in [3.05, 3.63) is 65.9 Å². The van der Waals surface area contributed by atoms with Crippen LogP contribution in [0, 0.1) is 10.9 Å². The summed E-state index contributed by atoms with van der Waals surface area (Å²) < 4.78 is 29.5. The van der Waals surface area contributed by atoms with Gasteiger partial charge in [0.25, 0.3) is 0 Å². The first-order chi connectivity index (χ1) is 16.5. The Morgan fingerprint density at radius 2 is 1.88 bits per heavy atom. The number of imidazole rings is 1. The summed E-state index contributed by atoms with van der Waals surface area (Å²) in [6, 6.07) is 10.3. The van der Waals surface area contributed by atoms with Crippen LogP contribution in [0.2, 0.25) is 0 Å². The summed E-state index contributed by atoms with van der Waals surface area (Å²) in [7, 11) is 3.81. The van der Waals surface area contributed by atoms with Crippen molar-refractivity contribution in [3.8, 4) is 33.1 Å². The molecule has 168 valence electrons. The van der Waals surface area contributed by atoms with Crippen molar-refractivity contribution in [1.82, 2.24) is 30.1 Å². The zero-order valence-corrected chi connectivity index (χ0v) is 18.9. The highest BCUT2D eigenvalue weighted by Crippen LogP contribution is 2.36. The molecule has 6 aromatic rings. The second-order valence-electron chi connectivity index (χ2n) is 7.99. The van der Waals surface area contributed by atoms with Gasteiger partial charge >= 0.3 is 0 Å². The van der Waals surface area contributed by atoms with E-state index in [1.165, 1.54) is 6.07 Å². The van der Waals surface area contributed by atoms with E-state index >= 15 is 4.39 Å². The number of halogens is 2. The van der Waals surface area contributed by atoms with E-state index in [1.54, 1.807) is 42.9 Å². The van der Waals surface area contributed by atoms with Crippen LogP contribution in [0.1, 0.15) is 0 Å². The monoisotopic (exact) mass is 473 g/mol. The van der Waals surface area contributed by atoms with E-state index in [0.717, 1.165) is 27.5 Å². The van der Waals surface area contributed by atoms with Crippen molar-refractivity contribution >= 4 is 39.1 Å². The van der Waals surface area contributed by atoms with Crippen LogP contribution in [-0.2, 0) is 0 Å². The molecule has 1 aromatic carbocycles. The maximum absolute atomic E-state index is 15.9. The van der Waals surface area contributed by atoms with Crippen LogP contribution in [0.4, 0.5) is 14.5 Å². The van der Waals surface area contributed by atoms with Crippen molar-refractivity contribution in [3.63, 3.8) is 0 Å². The van der Waals surface area contributed by atoms with Crippen LogP contribution >= 0.6 is 11.3 Å². The number of H-pyrrole nitrogens is 2. The minimum absolute atomic E-state index is 0.277. The average molecular weight is 474 g/mol. The Balaban J connectivity index is 1.52. The summed E-state index contributed by atoms with van der Waals surface area (Å²) in [6.07, 6.45) is 4.97. The second-order valence-corrected chi connectivity index (χ2v) is 9.03. The lowest BCUT2D eigenvalue weighted by atomic mass is 10.0. The normalized spacial score (nSPS) is 11.5. The van der Waals surface area contributed by atoms with Crippen LogP contribution in [-0.4, -0.2) is 44.2 Å². The molecule has 0 aliphatic heterocycles. The van der Waals surface area contributed by atoms with E-state index < -0.39 is 5.82 Å². The molecule has 0 amide bonds. The van der Waals surface area contributed by atoms with E-state index in [2.05, 4.69) is 30.1 Å². The Morgan fingerprint density at radius 3 is 2.68 bits per heavy atom. The zero-order valence-electron chi connectivity index (χ0n) is 18.1. The number of aromatic nitrogens is 6. The number of anilines is 1. The number of benzene rings is 1. The van der Waals surface area contributed by atoms with Gasteiger partial charge in [0.15, 0.2) is 16.6 Å². The van der Waals surface area contributed by atoms with E-state index in [4.69, 9.17) is 0 Å². The number of hydrogen-bond donors (Lipinski definition) is 2. The average Bonchev–Trinajstić information content (AvgIpc) is 3.56. The molecule has 0 aliphatic carbocycles. The molecule has 0 atom stereocenters. The summed E-state index contributed by atoms with van der Waals surface area (Å²) in [5.41, 5.74) is 4.66. The summed E-state index contributed by atoms with van der Waals surface area (Å²) in [5, 5.41) is 7.27. The van der Waals surface area contributed by atoms with Gasteiger partial charge in [-0.25, -0.2) is 14.4 Å². The Kier molecular flexibility index (Phi) is 4.63.